The molecule has 2 heterocycles. The van der Waals surface area contributed by atoms with Gasteiger partial charge in [-0.05, 0) is 22.6 Å². The molecule has 1 unspecified atom stereocenters. The molecular weight excluding hydrogens is 256 g/mol. The van der Waals surface area contributed by atoms with Crippen molar-refractivity contribution in [2.45, 2.75) is 19.0 Å². The third-order valence-electron chi connectivity index (χ3n) is 3.38. The topological polar surface area (TPSA) is 46.3 Å². The Morgan fingerprint density at radius 2 is 2.05 bits per heavy atom. The molecule has 1 aliphatic rings. The van der Waals surface area contributed by atoms with Crippen molar-refractivity contribution in [3.63, 3.8) is 0 Å². The Hall–Kier alpha value is -1.65. The zero-order valence-corrected chi connectivity index (χ0v) is 11.4. The predicted molar refractivity (Wildman–Crippen MR) is 77.8 cm³/mol. The maximum atomic E-state index is 11.7. The number of carbonyl (C=O) groups is 1. The first-order valence-electron chi connectivity index (χ1n) is 6.38. The average molecular weight is 272 g/mol. The molecule has 1 fully saturated rings. The molecule has 1 aromatic carbocycles. The van der Waals surface area contributed by atoms with E-state index in [0.717, 1.165) is 5.56 Å². The number of nitrogens with two attached hydrogens (primary N) is 1. The van der Waals surface area contributed by atoms with Crippen molar-refractivity contribution in [3.8, 4) is 10.4 Å². The Bertz CT molecular complexity index is 562. The van der Waals surface area contributed by atoms with Crippen LogP contribution in [0.1, 0.15) is 12.0 Å². The predicted octanol–water partition coefficient (Wildman–Crippen LogP) is 2.47. The van der Waals surface area contributed by atoms with Crippen LogP contribution in [0.15, 0.2) is 41.8 Å². The highest BCUT2D eigenvalue weighted by Crippen LogP contribution is 2.25. The molecule has 4 heteroatoms. The van der Waals surface area contributed by atoms with Crippen LogP contribution in [0.25, 0.3) is 10.4 Å². The lowest BCUT2D eigenvalue weighted by Crippen LogP contribution is -2.27. The molecule has 0 saturated carbocycles. The second-order valence-electron chi connectivity index (χ2n) is 4.91. The van der Waals surface area contributed by atoms with Crippen molar-refractivity contribution in [2.24, 2.45) is 5.73 Å². The third kappa shape index (κ3) is 2.69. The fourth-order valence-corrected chi connectivity index (χ4v) is 3.13. The third-order valence-corrected chi connectivity index (χ3v) is 4.30. The van der Waals surface area contributed by atoms with Crippen LogP contribution in [0.2, 0.25) is 0 Å². The van der Waals surface area contributed by atoms with Gasteiger partial charge in [0.05, 0.1) is 0 Å². The van der Waals surface area contributed by atoms with Crippen molar-refractivity contribution in [3.05, 3.63) is 47.3 Å². The first-order valence-corrected chi connectivity index (χ1v) is 7.26. The molecule has 1 atom stereocenters. The van der Waals surface area contributed by atoms with Gasteiger partial charge in [0.2, 0.25) is 5.91 Å². The van der Waals surface area contributed by atoms with E-state index in [4.69, 9.17) is 5.73 Å². The lowest BCUT2D eigenvalue weighted by molar-refractivity contribution is -0.128. The van der Waals surface area contributed by atoms with Gasteiger partial charge in [-0.2, -0.15) is 0 Å². The van der Waals surface area contributed by atoms with Gasteiger partial charge >= 0.3 is 0 Å². The fraction of sp³-hybridized carbons (Fsp3) is 0.267. The summed E-state index contributed by atoms with van der Waals surface area (Å²) in [5.74, 6) is 0.162. The molecule has 3 rings (SSSR count). The maximum Gasteiger partial charge on any atom is 0.224 e. The van der Waals surface area contributed by atoms with Crippen LogP contribution >= 0.6 is 11.3 Å². The van der Waals surface area contributed by atoms with Crippen molar-refractivity contribution < 1.29 is 4.79 Å². The van der Waals surface area contributed by atoms with Crippen LogP contribution in [0, 0.1) is 0 Å². The highest BCUT2D eigenvalue weighted by atomic mass is 32.1. The first kappa shape index (κ1) is 12.4. The van der Waals surface area contributed by atoms with Gasteiger partial charge in [-0.25, -0.2) is 0 Å². The normalized spacial score (nSPS) is 19.1. The van der Waals surface area contributed by atoms with E-state index in [-0.39, 0.29) is 11.9 Å². The molecule has 1 aromatic heterocycles. The van der Waals surface area contributed by atoms with Gasteiger partial charge in [0.25, 0.3) is 0 Å². The summed E-state index contributed by atoms with van der Waals surface area (Å²) >= 11 is 1.73. The van der Waals surface area contributed by atoms with Crippen LogP contribution in [0.5, 0.6) is 0 Å². The lowest BCUT2D eigenvalue weighted by Gasteiger charge is -2.16. The molecular formula is C15H16N2OS. The van der Waals surface area contributed by atoms with Crippen LogP contribution in [0.4, 0.5) is 0 Å². The minimum atomic E-state index is -0.00195. The molecule has 1 amide bonds. The van der Waals surface area contributed by atoms with Gasteiger partial charge in [-0.15, -0.1) is 11.3 Å². The molecule has 2 aromatic rings. The number of rotatable bonds is 3. The van der Waals surface area contributed by atoms with E-state index < -0.39 is 0 Å². The molecule has 98 valence electrons. The number of likely N-dealkylation sites (tertiary alicyclic amines) is 1. The van der Waals surface area contributed by atoms with E-state index in [1.165, 1.54) is 10.4 Å². The molecule has 1 aliphatic heterocycles. The summed E-state index contributed by atoms with van der Waals surface area (Å²) in [5, 5.41) is 2.08. The number of thiophene rings is 1. The molecule has 3 nitrogen and oxygen atoms in total. The molecule has 0 radical (unpaired) electrons. The standard InChI is InChI=1S/C15H16N2OS/c16-13-8-15(18)17(10-13)9-11-3-5-12(6-4-11)14-2-1-7-19-14/h1-7,13H,8-10,16H2. The zero-order chi connectivity index (χ0) is 13.2. The van der Waals surface area contributed by atoms with E-state index in [9.17, 15) is 4.79 Å². The van der Waals surface area contributed by atoms with Gasteiger partial charge in [0.15, 0.2) is 0 Å². The minimum Gasteiger partial charge on any atom is -0.337 e. The van der Waals surface area contributed by atoms with Crippen LogP contribution in [-0.2, 0) is 11.3 Å². The second kappa shape index (κ2) is 5.15. The number of benzene rings is 1. The number of hydrogen-bond donors (Lipinski definition) is 1. The Morgan fingerprint density at radius 1 is 1.26 bits per heavy atom. The van der Waals surface area contributed by atoms with E-state index in [1.807, 2.05) is 4.90 Å². The van der Waals surface area contributed by atoms with E-state index in [2.05, 4.69) is 41.8 Å². The van der Waals surface area contributed by atoms with Crippen LogP contribution in [-0.4, -0.2) is 23.4 Å². The highest BCUT2D eigenvalue weighted by molar-refractivity contribution is 7.13. The Morgan fingerprint density at radius 3 is 2.63 bits per heavy atom. The summed E-state index contributed by atoms with van der Waals surface area (Å²) in [5.41, 5.74) is 8.18. The largest absolute Gasteiger partial charge is 0.337 e. The highest BCUT2D eigenvalue weighted by Gasteiger charge is 2.26. The van der Waals surface area contributed by atoms with Crippen LogP contribution < -0.4 is 5.73 Å². The molecule has 0 aliphatic carbocycles. The second-order valence-corrected chi connectivity index (χ2v) is 5.86. The summed E-state index contributed by atoms with van der Waals surface area (Å²) in [6.07, 6.45) is 0.479. The van der Waals surface area contributed by atoms with Gasteiger partial charge < -0.3 is 10.6 Å². The van der Waals surface area contributed by atoms with Gasteiger partial charge in [-0.3, -0.25) is 4.79 Å². The van der Waals surface area contributed by atoms with Crippen molar-refractivity contribution in [1.29, 1.82) is 0 Å². The molecule has 1 saturated heterocycles. The number of carbonyl (C=O) groups excluding carboxylic acids is 1. The maximum absolute atomic E-state index is 11.7. The Balaban J connectivity index is 1.71. The number of nitrogens with zero attached hydrogens (tertiary/aromatic N) is 1. The molecule has 19 heavy (non-hydrogen) atoms. The zero-order valence-electron chi connectivity index (χ0n) is 10.6. The monoisotopic (exact) mass is 272 g/mol. The quantitative estimate of drug-likeness (QED) is 0.933. The van der Waals surface area contributed by atoms with Crippen LogP contribution in [0.3, 0.4) is 0 Å². The fourth-order valence-electron chi connectivity index (χ4n) is 2.39. The molecule has 2 N–H and O–H groups in total. The van der Waals surface area contributed by atoms with Gasteiger partial charge in [0, 0.05) is 30.4 Å². The lowest BCUT2D eigenvalue weighted by atomic mass is 10.1. The van der Waals surface area contributed by atoms with Crippen molar-refractivity contribution in [1.82, 2.24) is 4.90 Å². The summed E-state index contributed by atoms with van der Waals surface area (Å²) in [4.78, 5) is 14.8. The number of hydrogen-bond acceptors (Lipinski definition) is 3. The Kier molecular flexibility index (Phi) is 3.36. The smallest absolute Gasteiger partial charge is 0.224 e. The number of amides is 1. The molecule has 0 spiro atoms. The average Bonchev–Trinajstić information content (AvgIpc) is 3.01. The molecule has 0 bridgehead atoms. The minimum absolute atomic E-state index is 0.00195. The van der Waals surface area contributed by atoms with Crippen molar-refractivity contribution >= 4 is 17.2 Å². The van der Waals surface area contributed by atoms with Gasteiger partial charge in [0.1, 0.15) is 0 Å². The summed E-state index contributed by atoms with van der Waals surface area (Å²) < 4.78 is 0. The first-order chi connectivity index (χ1) is 9.22. The van der Waals surface area contributed by atoms with E-state index in [0.29, 0.717) is 19.5 Å². The summed E-state index contributed by atoms with van der Waals surface area (Å²) in [7, 11) is 0. The van der Waals surface area contributed by atoms with Crippen molar-refractivity contribution in [2.75, 3.05) is 6.54 Å². The summed E-state index contributed by atoms with van der Waals surface area (Å²) in [6.45, 7) is 1.34. The van der Waals surface area contributed by atoms with Gasteiger partial charge in [-0.1, -0.05) is 30.3 Å². The Labute approximate surface area is 116 Å². The van der Waals surface area contributed by atoms with E-state index >= 15 is 0 Å². The summed E-state index contributed by atoms with van der Waals surface area (Å²) in [6, 6.07) is 12.6. The SMILES string of the molecule is NC1CC(=O)N(Cc2ccc(-c3cccs3)cc2)C1. The van der Waals surface area contributed by atoms with E-state index in [1.54, 1.807) is 11.3 Å².